The lowest BCUT2D eigenvalue weighted by atomic mass is 9.92. The van der Waals surface area contributed by atoms with Crippen LogP contribution in [0.3, 0.4) is 0 Å². The van der Waals surface area contributed by atoms with E-state index in [1.165, 1.54) is 37.8 Å². The Kier molecular flexibility index (Phi) is 7.44. The summed E-state index contributed by atoms with van der Waals surface area (Å²) < 4.78 is 25.7. The third kappa shape index (κ3) is 5.95. The van der Waals surface area contributed by atoms with Gasteiger partial charge in [0, 0.05) is 24.3 Å². The number of halogens is 1. The van der Waals surface area contributed by atoms with E-state index in [-0.39, 0.29) is 13.2 Å². The first-order chi connectivity index (χ1) is 18.0. The Morgan fingerprint density at radius 2 is 1.76 bits per heavy atom. The smallest absolute Gasteiger partial charge is 0.293 e. The van der Waals surface area contributed by atoms with E-state index < -0.39 is 11.9 Å². The van der Waals surface area contributed by atoms with Gasteiger partial charge in [-0.3, -0.25) is 4.79 Å². The maximum atomic E-state index is 14.6. The number of hydrogen-bond acceptors (Lipinski definition) is 6. The van der Waals surface area contributed by atoms with Crippen molar-refractivity contribution in [2.45, 2.75) is 44.9 Å². The molecule has 7 heteroatoms. The Bertz CT molecular complexity index is 1250. The molecule has 37 heavy (non-hydrogen) atoms. The number of ether oxygens (including phenoxy) is 2. The number of nitrogens with zero attached hydrogens (tertiary/aromatic N) is 1. The van der Waals surface area contributed by atoms with Crippen molar-refractivity contribution in [2.75, 3.05) is 24.6 Å². The fourth-order valence-electron chi connectivity index (χ4n) is 5.17. The maximum Gasteiger partial charge on any atom is 0.293 e. The van der Waals surface area contributed by atoms with Crippen LogP contribution in [0.2, 0.25) is 0 Å². The number of nitrogens with two attached hydrogens (primary N) is 1. The molecule has 5 rings (SSSR count). The van der Waals surface area contributed by atoms with Gasteiger partial charge in [0.2, 0.25) is 0 Å². The summed E-state index contributed by atoms with van der Waals surface area (Å²) in [6.45, 7) is 2.60. The highest BCUT2D eigenvalue weighted by Gasteiger charge is 2.44. The highest BCUT2D eigenvalue weighted by Crippen LogP contribution is 2.54. The van der Waals surface area contributed by atoms with Gasteiger partial charge in [-0.15, -0.1) is 0 Å². The van der Waals surface area contributed by atoms with Crippen LogP contribution in [-0.4, -0.2) is 31.3 Å². The summed E-state index contributed by atoms with van der Waals surface area (Å²) in [6, 6.07) is 17.8. The van der Waals surface area contributed by atoms with Crippen molar-refractivity contribution in [1.82, 2.24) is 0 Å². The van der Waals surface area contributed by atoms with Crippen molar-refractivity contribution in [3.63, 3.8) is 0 Å². The van der Waals surface area contributed by atoms with E-state index in [4.69, 9.17) is 15.2 Å². The Morgan fingerprint density at radius 3 is 2.49 bits per heavy atom. The number of para-hydroxylation sites is 1. The lowest BCUT2D eigenvalue weighted by molar-refractivity contribution is -0.129. The number of carbonyl (C=O) groups excluding carboxylic acids is 1. The van der Waals surface area contributed by atoms with Gasteiger partial charge in [0.1, 0.15) is 24.8 Å². The highest BCUT2D eigenvalue weighted by molar-refractivity contribution is 5.71. The van der Waals surface area contributed by atoms with Crippen molar-refractivity contribution < 1.29 is 23.8 Å². The Morgan fingerprint density at radius 1 is 1.00 bits per heavy atom. The number of aliphatic hydroxyl groups excluding tert-OH is 1. The van der Waals surface area contributed by atoms with Gasteiger partial charge in [-0.05, 0) is 95.8 Å². The fourth-order valence-corrected chi connectivity index (χ4v) is 5.17. The van der Waals surface area contributed by atoms with Crippen LogP contribution in [0, 0.1) is 11.2 Å². The average Bonchev–Trinajstić information content (AvgIpc) is 3.69. The van der Waals surface area contributed by atoms with Gasteiger partial charge < -0.3 is 25.2 Å². The van der Waals surface area contributed by atoms with Crippen molar-refractivity contribution in [3.8, 4) is 16.9 Å². The van der Waals surface area contributed by atoms with Crippen molar-refractivity contribution in [2.24, 2.45) is 11.1 Å². The zero-order chi connectivity index (χ0) is 25.8. The molecule has 194 valence electrons. The zero-order valence-electron chi connectivity index (χ0n) is 20.9. The number of benzene rings is 3. The molecule has 0 aromatic heterocycles. The normalized spacial score (nSPS) is 16.9. The van der Waals surface area contributed by atoms with Crippen LogP contribution >= 0.6 is 0 Å². The van der Waals surface area contributed by atoms with Crippen molar-refractivity contribution >= 4 is 12.2 Å². The molecule has 0 amide bonds. The van der Waals surface area contributed by atoms with E-state index in [1.807, 2.05) is 36.4 Å². The van der Waals surface area contributed by atoms with Crippen LogP contribution in [0.1, 0.15) is 48.4 Å². The molecule has 1 saturated carbocycles. The molecule has 1 aliphatic heterocycles. The van der Waals surface area contributed by atoms with E-state index in [2.05, 4.69) is 17.0 Å². The van der Waals surface area contributed by atoms with E-state index in [1.54, 1.807) is 0 Å². The molecule has 1 spiro atoms. The minimum Gasteiger partial charge on any atom is -0.488 e. The number of carbonyl (C=O) groups is 1. The number of aliphatic hydroxyl groups is 1. The zero-order valence-corrected chi connectivity index (χ0v) is 20.9. The second-order valence-corrected chi connectivity index (χ2v) is 10.2. The van der Waals surface area contributed by atoms with E-state index in [0.717, 1.165) is 35.5 Å². The SMILES string of the molecule is NC(CO)c1cc(F)cc(-c2cc(COc3ccccc3COC=O)cc(N3CCC4(CC3)CC4)c2)c1. The van der Waals surface area contributed by atoms with Gasteiger partial charge in [0.25, 0.3) is 6.47 Å². The van der Waals surface area contributed by atoms with E-state index in [9.17, 15) is 14.3 Å². The largest absolute Gasteiger partial charge is 0.488 e. The molecule has 1 atom stereocenters. The summed E-state index contributed by atoms with van der Waals surface area (Å²) in [5, 5.41) is 9.50. The molecule has 2 fully saturated rings. The van der Waals surface area contributed by atoms with Crippen LogP contribution in [-0.2, 0) is 22.7 Å². The van der Waals surface area contributed by atoms with Crippen LogP contribution in [0.25, 0.3) is 11.1 Å². The van der Waals surface area contributed by atoms with Gasteiger partial charge in [0.05, 0.1) is 12.6 Å². The molecular weight excluding hydrogens is 471 g/mol. The highest BCUT2D eigenvalue weighted by atomic mass is 19.1. The lowest BCUT2D eigenvalue weighted by Gasteiger charge is -2.34. The molecule has 1 heterocycles. The van der Waals surface area contributed by atoms with Crippen LogP contribution in [0.5, 0.6) is 5.75 Å². The summed E-state index contributed by atoms with van der Waals surface area (Å²) in [7, 11) is 0. The quantitative estimate of drug-likeness (QED) is 0.373. The lowest BCUT2D eigenvalue weighted by Crippen LogP contribution is -2.34. The minimum atomic E-state index is -0.651. The summed E-state index contributed by atoms with van der Waals surface area (Å²) in [4.78, 5) is 13.1. The first-order valence-electron chi connectivity index (χ1n) is 12.8. The van der Waals surface area contributed by atoms with Crippen LogP contribution in [0.4, 0.5) is 10.1 Å². The average molecular weight is 505 g/mol. The predicted molar refractivity (Wildman–Crippen MR) is 141 cm³/mol. The van der Waals surface area contributed by atoms with Gasteiger partial charge in [-0.1, -0.05) is 18.2 Å². The number of anilines is 1. The molecular formula is C30H33FN2O4. The fraction of sp³-hybridized carbons (Fsp3) is 0.367. The van der Waals surface area contributed by atoms with Crippen LogP contribution in [0.15, 0.2) is 60.7 Å². The van der Waals surface area contributed by atoms with Gasteiger partial charge >= 0.3 is 0 Å². The summed E-state index contributed by atoms with van der Waals surface area (Å²) in [5.74, 6) is 0.254. The predicted octanol–water partition coefficient (Wildman–Crippen LogP) is 5.12. The Labute approximate surface area is 216 Å². The first kappa shape index (κ1) is 25.2. The summed E-state index contributed by atoms with van der Waals surface area (Å²) >= 11 is 0. The number of rotatable bonds is 10. The Hall–Kier alpha value is -3.42. The molecule has 3 aromatic carbocycles. The van der Waals surface area contributed by atoms with Crippen molar-refractivity contribution in [1.29, 1.82) is 0 Å². The third-order valence-electron chi connectivity index (χ3n) is 7.68. The van der Waals surface area contributed by atoms with Gasteiger partial charge in [0.15, 0.2) is 0 Å². The van der Waals surface area contributed by atoms with E-state index >= 15 is 0 Å². The minimum absolute atomic E-state index is 0.137. The maximum absolute atomic E-state index is 14.6. The molecule has 2 aliphatic rings. The van der Waals surface area contributed by atoms with Gasteiger partial charge in [-0.25, -0.2) is 4.39 Å². The van der Waals surface area contributed by atoms with E-state index in [0.29, 0.717) is 35.4 Å². The number of piperidine rings is 1. The first-order valence-corrected chi connectivity index (χ1v) is 12.8. The summed E-state index contributed by atoms with van der Waals surface area (Å²) in [6.07, 6.45) is 5.07. The second kappa shape index (κ2) is 10.9. The van der Waals surface area contributed by atoms with Crippen molar-refractivity contribution in [3.05, 3.63) is 83.2 Å². The molecule has 3 aromatic rings. The number of hydrogen-bond donors (Lipinski definition) is 2. The topological polar surface area (TPSA) is 85.0 Å². The molecule has 0 bridgehead atoms. The molecule has 6 nitrogen and oxygen atoms in total. The molecule has 1 aliphatic carbocycles. The molecule has 0 radical (unpaired) electrons. The molecule has 1 saturated heterocycles. The molecule has 1 unspecified atom stereocenters. The second-order valence-electron chi connectivity index (χ2n) is 10.2. The Balaban J connectivity index is 1.46. The van der Waals surface area contributed by atoms with Crippen LogP contribution < -0.4 is 15.4 Å². The monoisotopic (exact) mass is 504 g/mol. The summed E-state index contributed by atoms with van der Waals surface area (Å²) in [5.41, 5.74) is 11.5. The van der Waals surface area contributed by atoms with Gasteiger partial charge in [-0.2, -0.15) is 0 Å². The third-order valence-corrected chi connectivity index (χ3v) is 7.68. The standard InChI is InChI=1S/C30H33FN2O4/c31-26-14-24(13-25(15-26)28(32)17-34)23-11-21(18-37-29-4-2-1-3-22(29)19-36-20-35)12-27(16-23)33-9-7-30(5-6-30)8-10-33/h1-4,11-16,20,28,34H,5-10,17-19,32H2. The molecule has 3 N–H and O–H groups in total.